The van der Waals surface area contributed by atoms with Gasteiger partial charge in [0.1, 0.15) is 18.4 Å². The number of amides is 2. The number of carbonyl (C=O) groups is 2. The van der Waals surface area contributed by atoms with E-state index in [1.54, 1.807) is 55.5 Å². The molecular formula is C30H36FN3O4S. The number of carbonyl (C=O) groups excluding carboxylic acids is 2. The summed E-state index contributed by atoms with van der Waals surface area (Å²) in [4.78, 5) is 28.3. The molecule has 39 heavy (non-hydrogen) atoms. The van der Waals surface area contributed by atoms with Gasteiger partial charge in [-0.3, -0.25) is 13.9 Å². The van der Waals surface area contributed by atoms with E-state index >= 15 is 0 Å². The molecular weight excluding hydrogens is 517 g/mol. The lowest BCUT2D eigenvalue weighted by Gasteiger charge is -2.33. The van der Waals surface area contributed by atoms with Crippen molar-refractivity contribution in [3.63, 3.8) is 0 Å². The summed E-state index contributed by atoms with van der Waals surface area (Å²) in [6.07, 6.45) is 1.23. The fourth-order valence-electron chi connectivity index (χ4n) is 4.14. The van der Waals surface area contributed by atoms with Crippen LogP contribution in [0.2, 0.25) is 0 Å². The van der Waals surface area contributed by atoms with Crippen molar-refractivity contribution in [2.75, 3.05) is 10.8 Å². The Morgan fingerprint density at radius 1 is 0.872 bits per heavy atom. The summed E-state index contributed by atoms with van der Waals surface area (Å²) < 4.78 is 43.5. The number of hydrogen-bond acceptors (Lipinski definition) is 4. The van der Waals surface area contributed by atoms with E-state index in [1.807, 2.05) is 32.9 Å². The van der Waals surface area contributed by atoms with Gasteiger partial charge >= 0.3 is 0 Å². The van der Waals surface area contributed by atoms with Crippen molar-refractivity contribution >= 4 is 27.5 Å². The number of nitrogens with one attached hydrogen (secondary N) is 1. The van der Waals surface area contributed by atoms with Crippen molar-refractivity contribution < 1.29 is 22.4 Å². The Morgan fingerprint density at radius 3 is 2.08 bits per heavy atom. The minimum atomic E-state index is -4.15. The Kier molecular flexibility index (Phi) is 10.2. The lowest BCUT2D eigenvalue weighted by atomic mass is 10.1. The standard InChI is InChI=1S/C30H36FN3O4S/c1-5-22(3)32-30(36)23(4)33(20-25-15-10-12-18-27(25)31)29(35)21-34(28-19-13-11-14-24(28)6-2)39(37,38)26-16-8-7-9-17-26/h7-19,22-23H,5-6,20-21H2,1-4H3,(H,32,36)/t22-,23-/m0/s1. The smallest absolute Gasteiger partial charge is 0.264 e. The molecule has 0 radical (unpaired) electrons. The van der Waals surface area contributed by atoms with Gasteiger partial charge in [-0.1, -0.05) is 68.4 Å². The molecule has 9 heteroatoms. The summed E-state index contributed by atoms with van der Waals surface area (Å²) in [7, 11) is -4.15. The normalized spacial score (nSPS) is 12.8. The van der Waals surface area contributed by atoms with Crippen molar-refractivity contribution in [2.45, 2.75) is 64.1 Å². The molecule has 208 valence electrons. The number of sulfonamides is 1. The molecule has 3 aromatic rings. The van der Waals surface area contributed by atoms with Gasteiger partial charge in [-0.25, -0.2) is 12.8 Å². The molecule has 0 aliphatic heterocycles. The molecule has 0 saturated heterocycles. The van der Waals surface area contributed by atoms with Gasteiger partial charge in [0.2, 0.25) is 11.8 Å². The lowest BCUT2D eigenvalue weighted by molar-refractivity contribution is -0.139. The zero-order chi connectivity index (χ0) is 28.6. The van der Waals surface area contributed by atoms with E-state index in [2.05, 4.69) is 5.32 Å². The van der Waals surface area contributed by atoms with E-state index in [9.17, 15) is 22.4 Å². The van der Waals surface area contributed by atoms with E-state index in [0.29, 0.717) is 18.5 Å². The number of hydrogen-bond donors (Lipinski definition) is 1. The van der Waals surface area contributed by atoms with E-state index in [0.717, 1.165) is 9.87 Å². The van der Waals surface area contributed by atoms with Crippen LogP contribution in [0.5, 0.6) is 0 Å². The average Bonchev–Trinajstić information content (AvgIpc) is 2.95. The third-order valence-corrected chi connectivity index (χ3v) is 8.49. The maximum absolute atomic E-state index is 14.6. The maximum atomic E-state index is 14.6. The fraction of sp³-hybridized carbons (Fsp3) is 0.333. The molecule has 0 aliphatic rings. The summed E-state index contributed by atoms with van der Waals surface area (Å²) >= 11 is 0. The molecule has 3 aromatic carbocycles. The lowest BCUT2D eigenvalue weighted by Crippen LogP contribution is -2.52. The SMILES string of the molecule is CCc1ccccc1N(CC(=O)N(Cc1ccccc1F)[C@@H](C)C(=O)N[C@@H](C)CC)S(=O)(=O)c1ccccc1. The second-order valence-corrected chi connectivity index (χ2v) is 11.3. The largest absolute Gasteiger partial charge is 0.352 e. The molecule has 0 aromatic heterocycles. The average molecular weight is 554 g/mol. The van der Waals surface area contributed by atoms with E-state index in [1.165, 1.54) is 23.1 Å². The predicted octanol–water partition coefficient (Wildman–Crippen LogP) is 4.92. The zero-order valence-electron chi connectivity index (χ0n) is 22.8. The minimum absolute atomic E-state index is 0.0342. The number of aryl methyl sites for hydroxylation is 1. The van der Waals surface area contributed by atoms with Crippen LogP contribution in [0.1, 0.15) is 45.2 Å². The Morgan fingerprint density at radius 2 is 1.46 bits per heavy atom. The van der Waals surface area contributed by atoms with Crippen LogP contribution < -0.4 is 9.62 Å². The topological polar surface area (TPSA) is 86.8 Å². The minimum Gasteiger partial charge on any atom is -0.352 e. The first-order chi connectivity index (χ1) is 18.6. The number of nitrogens with zero attached hydrogens (tertiary/aromatic N) is 2. The zero-order valence-corrected chi connectivity index (χ0v) is 23.6. The molecule has 0 heterocycles. The van der Waals surface area contributed by atoms with Crippen LogP contribution in [-0.2, 0) is 32.6 Å². The molecule has 0 fully saturated rings. The first-order valence-corrected chi connectivity index (χ1v) is 14.5. The van der Waals surface area contributed by atoms with Gasteiger partial charge < -0.3 is 10.2 Å². The van der Waals surface area contributed by atoms with Gasteiger partial charge in [0.05, 0.1) is 10.6 Å². The quantitative estimate of drug-likeness (QED) is 0.345. The van der Waals surface area contributed by atoms with Gasteiger partial charge in [0.25, 0.3) is 10.0 Å². The molecule has 0 aliphatic carbocycles. The van der Waals surface area contributed by atoms with Crippen LogP contribution in [0.15, 0.2) is 83.8 Å². The van der Waals surface area contributed by atoms with Gasteiger partial charge in [0.15, 0.2) is 0 Å². The van der Waals surface area contributed by atoms with Crippen molar-refractivity contribution in [3.05, 3.63) is 95.8 Å². The number of benzene rings is 3. The molecule has 0 unspecified atom stereocenters. The van der Waals surface area contributed by atoms with Crippen LogP contribution in [0.25, 0.3) is 0 Å². The van der Waals surface area contributed by atoms with Crippen LogP contribution >= 0.6 is 0 Å². The molecule has 0 bridgehead atoms. The fourth-order valence-corrected chi connectivity index (χ4v) is 5.62. The number of anilines is 1. The summed E-state index contributed by atoms with van der Waals surface area (Å²) in [5.41, 5.74) is 1.34. The number of para-hydroxylation sites is 1. The van der Waals surface area contributed by atoms with E-state index in [-0.39, 0.29) is 23.0 Å². The Labute approximate surface area is 230 Å². The number of rotatable bonds is 12. The van der Waals surface area contributed by atoms with Crippen LogP contribution in [0, 0.1) is 5.82 Å². The molecule has 1 N–H and O–H groups in total. The third-order valence-electron chi connectivity index (χ3n) is 6.72. The van der Waals surface area contributed by atoms with Crippen molar-refractivity contribution in [3.8, 4) is 0 Å². The first kappa shape index (κ1) is 29.8. The van der Waals surface area contributed by atoms with Crippen LogP contribution in [0.4, 0.5) is 10.1 Å². The van der Waals surface area contributed by atoms with E-state index < -0.39 is 40.2 Å². The summed E-state index contributed by atoms with van der Waals surface area (Å²) in [5.74, 6) is -1.55. The molecule has 7 nitrogen and oxygen atoms in total. The monoisotopic (exact) mass is 553 g/mol. The number of halogens is 1. The van der Waals surface area contributed by atoms with Gasteiger partial charge in [0, 0.05) is 18.2 Å². The highest BCUT2D eigenvalue weighted by Crippen LogP contribution is 2.28. The van der Waals surface area contributed by atoms with Gasteiger partial charge in [-0.15, -0.1) is 0 Å². The summed E-state index contributed by atoms with van der Waals surface area (Å²) in [5, 5.41) is 2.87. The molecule has 2 atom stereocenters. The van der Waals surface area contributed by atoms with Gasteiger partial charge in [-0.05, 0) is 56.5 Å². The predicted molar refractivity (Wildman–Crippen MR) is 151 cm³/mol. The van der Waals surface area contributed by atoms with Crippen molar-refractivity contribution in [1.29, 1.82) is 0 Å². The highest BCUT2D eigenvalue weighted by Gasteiger charge is 2.33. The molecule has 0 saturated carbocycles. The van der Waals surface area contributed by atoms with Gasteiger partial charge in [-0.2, -0.15) is 0 Å². The highest BCUT2D eigenvalue weighted by atomic mass is 32.2. The maximum Gasteiger partial charge on any atom is 0.264 e. The Hall–Kier alpha value is -3.72. The summed E-state index contributed by atoms with van der Waals surface area (Å²) in [6, 6.07) is 19.8. The summed E-state index contributed by atoms with van der Waals surface area (Å²) in [6.45, 7) is 6.48. The third kappa shape index (κ3) is 7.23. The molecule has 3 rings (SSSR count). The van der Waals surface area contributed by atoms with Crippen LogP contribution in [-0.4, -0.2) is 43.8 Å². The Bertz CT molecular complexity index is 1380. The second-order valence-electron chi connectivity index (χ2n) is 9.41. The molecule has 2 amide bonds. The second kappa shape index (κ2) is 13.4. The van der Waals surface area contributed by atoms with Crippen LogP contribution in [0.3, 0.4) is 0 Å². The first-order valence-electron chi connectivity index (χ1n) is 13.1. The Balaban J connectivity index is 2.06. The van der Waals surface area contributed by atoms with Crippen molar-refractivity contribution in [1.82, 2.24) is 10.2 Å². The molecule has 0 spiro atoms. The van der Waals surface area contributed by atoms with Crippen molar-refractivity contribution in [2.24, 2.45) is 0 Å². The van der Waals surface area contributed by atoms with E-state index in [4.69, 9.17) is 0 Å². The highest BCUT2D eigenvalue weighted by molar-refractivity contribution is 7.92.